The highest BCUT2D eigenvalue weighted by Gasteiger charge is 2.48. The number of fused-ring (bicyclic) bond motifs is 1. The minimum atomic E-state index is -0.820. The van der Waals surface area contributed by atoms with Crippen LogP contribution in [-0.4, -0.2) is 31.7 Å². The van der Waals surface area contributed by atoms with Crippen LogP contribution in [0.5, 0.6) is 0 Å². The normalized spacial score (nSPS) is 18.3. The predicted octanol–water partition coefficient (Wildman–Crippen LogP) is 3.58. The van der Waals surface area contributed by atoms with E-state index in [1.54, 1.807) is 12.1 Å². The molecule has 30 heavy (non-hydrogen) atoms. The zero-order valence-corrected chi connectivity index (χ0v) is 15.7. The first-order chi connectivity index (χ1) is 14.6. The summed E-state index contributed by atoms with van der Waals surface area (Å²) >= 11 is 0. The minimum absolute atomic E-state index is 0.0119. The van der Waals surface area contributed by atoms with Crippen molar-refractivity contribution in [1.29, 1.82) is 0 Å². The molecule has 1 aliphatic heterocycles. The monoisotopic (exact) mass is 396 g/mol. The Morgan fingerprint density at radius 1 is 0.933 bits per heavy atom. The number of para-hydroxylation sites is 2. The highest BCUT2D eigenvalue weighted by atomic mass is 16.3. The first-order valence-corrected chi connectivity index (χ1v) is 9.36. The lowest BCUT2D eigenvalue weighted by Crippen LogP contribution is -2.30. The van der Waals surface area contributed by atoms with Crippen LogP contribution in [0.1, 0.15) is 17.2 Å². The Kier molecular flexibility index (Phi) is 4.14. The summed E-state index contributed by atoms with van der Waals surface area (Å²) in [7, 11) is 0. The van der Waals surface area contributed by atoms with Crippen LogP contribution in [0.3, 0.4) is 0 Å². The molecule has 1 amide bonds. The summed E-state index contributed by atoms with van der Waals surface area (Å²) in [6, 6.07) is 18.8. The summed E-state index contributed by atoms with van der Waals surface area (Å²) in [6.07, 6.45) is 3.03. The Bertz CT molecular complexity index is 1260. The standard InChI is InChI=1S/C23H16N4O3/c28-20(15-10-12-24-13-11-15)18-19(14-6-2-1-3-7-14)27(22(30)21(18)29)23-25-16-8-4-5-9-17(16)26-23/h1-13,19,28H,(H,25,26)/b20-18+. The number of pyridine rings is 1. The van der Waals surface area contributed by atoms with Gasteiger partial charge in [-0.25, -0.2) is 4.98 Å². The number of Topliss-reactive ketones (excluding diaryl/α,β-unsaturated/α-hetero) is 1. The molecule has 1 atom stereocenters. The number of imidazole rings is 1. The van der Waals surface area contributed by atoms with E-state index in [2.05, 4.69) is 15.0 Å². The maximum absolute atomic E-state index is 13.1. The molecule has 4 aromatic rings. The molecule has 0 saturated carbocycles. The Labute approximate surface area is 171 Å². The van der Waals surface area contributed by atoms with Crippen molar-refractivity contribution in [3.05, 3.63) is 95.8 Å². The van der Waals surface area contributed by atoms with E-state index in [1.165, 1.54) is 17.3 Å². The largest absolute Gasteiger partial charge is 0.507 e. The van der Waals surface area contributed by atoms with Crippen molar-refractivity contribution in [3.8, 4) is 0 Å². The molecule has 1 unspecified atom stereocenters. The fraction of sp³-hybridized carbons (Fsp3) is 0.0435. The van der Waals surface area contributed by atoms with Crippen LogP contribution in [-0.2, 0) is 9.59 Å². The van der Waals surface area contributed by atoms with E-state index >= 15 is 0 Å². The van der Waals surface area contributed by atoms with Gasteiger partial charge >= 0.3 is 5.91 Å². The number of aromatic nitrogens is 3. The second kappa shape index (κ2) is 6.97. The third-order valence-corrected chi connectivity index (χ3v) is 5.12. The summed E-state index contributed by atoms with van der Waals surface area (Å²) < 4.78 is 0. The van der Waals surface area contributed by atoms with Gasteiger partial charge in [0.15, 0.2) is 0 Å². The number of aliphatic hydroxyl groups is 1. The molecule has 0 bridgehead atoms. The molecule has 1 fully saturated rings. The molecule has 2 aromatic carbocycles. The number of anilines is 1. The molecule has 0 spiro atoms. The number of carbonyl (C=O) groups excluding carboxylic acids is 2. The Morgan fingerprint density at radius 3 is 2.37 bits per heavy atom. The quantitative estimate of drug-likeness (QED) is 0.313. The second-order valence-electron chi connectivity index (χ2n) is 6.89. The van der Waals surface area contributed by atoms with Gasteiger partial charge in [-0.05, 0) is 29.8 Å². The van der Waals surface area contributed by atoms with Gasteiger partial charge in [0.05, 0.1) is 22.6 Å². The number of amides is 1. The highest BCUT2D eigenvalue weighted by Crippen LogP contribution is 2.41. The second-order valence-corrected chi connectivity index (χ2v) is 6.89. The van der Waals surface area contributed by atoms with Gasteiger partial charge in [-0.2, -0.15) is 0 Å². The molecule has 2 N–H and O–H groups in total. The number of nitrogens with one attached hydrogen (secondary N) is 1. The number of rotatable bonds is 3. The molecule has 7 nitrogen and oxygen atoms in total. The van der Waals surface area contributed by atoms with E-state index in [0.29, 0.717) is 16.6 Å². The fourth-order valence-corrected chi connectivity index (χ4v) is 3.72. The lowest BCUT2D eigenvalue weighted by atomic mass is 9.96. The average molecular weight is 396 g/mol. The van der Waals surface area contributed by atoms with Gasteiger partial charge in [0.1, 0.15) is 5.76 Å². The Balaban J connectivity index is 1.74. The molecular formula is C23H16N4O3. The van der Waals surface area contributed by atoms with E-state index in [0.717, 1.165) is 5.52 Å². The topological polar surface area (TPSA) is 99.2 Å². The summed E-state index contributed by atoms with van der Waals surface area (Å²) in [5, 5.41) is 11.0. The van der Waals surface area contributed by atoms with Gasteiger partial charge in [0.25, 0.3) is 5.78 Å². The van der Waals surface area contributed by atoms with E-state index in [9.17, 15) is 14.7 Å². The number of benzene rings is 2. The molecule has 2 aromatic heterocycles. The van der Waals surface area contributed by atoms with Crippen LogP contribution in [0.4, 0.5) is 5.95 Å². The zero-order chi connectivity index (χ0) is 20.7. The van der Waals surface area contributed by atoms with E-state index in [-0.39, 0.29) is 17.3 Å². The zero-order valence-electron chi connectivity index (χ0n) is 15.7. The molecule has 7 heteroatoms. The number of aliphatic hydroxyl groups excluding tert-OH is 1. The van der Waals surface area contributed by atoms with Crippen molar-refractivity contribution in [1.82, 2.24) is 15.0 Å². The van der Waals surface area contributed by atoms with Gasteiger partial charge < -0.3 is 10.1 Å². The first-order valence-electron chi connectivity index (χ1n) is 9.36. The van der Waals surface area contributed by atoms with Crippen molar-refractivity contribution >= 4 is 34.4 Å². The molecule has 1 saturated heterocycles. The van der Waals surface area contributed by atoms with Crippen molar-refractivity contribution in [2.75, 3.05) is 4.90 Å². The van der Waals surface area contributed by atoms with Gasteiger partial charge in [-0.15, -0.1) is 0 Å². The van der Waals surface area contributed by atoms with E-state index in [4.69, 9.17) is 0 Å². The van der Waals surface area contributed by atoms with Crippen LogP contribution < -0.4 is 4.90 Å². The van der Waals surface area contributed by atoms with E-state index in [1.807, 2.05) is 54.6 Å². The van der Waals surface area contributed by atoms with Gasteiger partial charge in [-0.3, -0.25) is 19.5 Å². The SMILES string of the molecule is O=C1C(=O)N(c2nc3ccccc3[nH]2)C(c2ccccc2)/C1=C(\O)c1ccncc1. The van der Waals surface area contributed by atoms with Gasteiger partial charge in [0.2, 0.25) is 5.95 Å². The maximum Gasteiger partial charge on any atom is 0.302 e. The number of aromatic amines is 1. The predicted molar refractivity (Wildman–Crippen MR) is 112 cm³/mol. The van der Waals surface area contributed by atoms with Crippen LogP contribution in [0.25, 0.3) is 16.8 Å². The van der Waals surface area contributed by atoms with Crippen LogP contribution in [0.2, 0.25) is 0 Å². The van der Waals surface area contributed by atoms with Crippen molar-refractivity contribution in [3.63, 3.8) is 0 Å². The van der Waals surface area contributed by atoms with Crippen molar-refractivity contribution in [2.45, 2.75) is 6.04 Å². The molecule has 0 aliphatic carbocycles. The molecule has 5 rings (SSSR count). The van der Waals surface area contributed by atoms with Crippen molar-refractivity contribution in [2.24, 2.45) is 0 Å². The number of carbonyl (C=O) groups is 2. The Hall–Kier alpha value is -4.26. The van der Waals surface area contributed by atoms with Crippen LogP contribution in [0.15, 0.2) is 84.7 Å². The van der Waals surface area contributed by atoms with Crippen LogP contribution in [0, 0.1) is 0 Å². The number of hydrogen-bond donors (Lipinski definition) is 2. The van der Waals surface area contributed by atoms with Crippen molar-refractivity contribution < 1.29 is 14.7 Å². The van der Waals surface area contributed by atoms with Gasteiger partial charge in [0, 0.05) is 18.0 Å². The molecule has 3 heterocycles. The lowest BCUT2D eigenvalue weighted by molar-refractivity contribution is -0.132. The van der Waals surface area contributed by atoms with Gasteiger partial charge in [-0.1, -0.05) is 42.5 Å². The molecule has 1 aliphatic rings. The maximum atomic E-state index is 13.1. The Morgan fingerprint density at radius 2 is 1.63 bits per heavy atom. The molecular weight excluding hydrogens is 380 g/mol. The molecule has 0 radical (unpaired) electrons. The van der Waals surface area contributed by atoms with Crippen LogP contribution >= 0.6 is 0 Å². The highest BCUT2D eigenvalue weighted by molar-refractivity contribution is 6.51. The summed E-state index contributed by atoms with van der Waals surface area (Å²) in [5.41, 5.74) is 2.53. The lowest BCUT2D eigenvalue weighted by Gasteiger charge is -2.22. The summed E-state index contributed by atoms with van der Waals surface area (Å²) in [5.74, 6) is -1.51. The average Bonchev–Trinajstić information content (AvgIpc) is 3.33. The summed E-state index contributed by atoms with van der Waals surface area (Å²) in [4.78, 5) is 39.0. The first kappa shape index (κ1) is 17.8. The number of nitrogens with zero attached hydrogens (tertiary/aromatic N) is 3. The minimum Gasteiger partial charge on any atom is -0.507 e. The third-order valence-electron chi connectivity index (χ3n) is 5.12. The summed E-state index contributed by atoms with van der Waals surface area (Å²) in [6.45, 7) is 0. The number of hydrogen-bond acceptors (Lipinski definition) is 5. The smallest absolute Gasteiger partial charge is 0.302 e. The number of H-pyrrole nitrogens is 1. The van der Waals surface area contributed by atoms with E-state index < -0.39 is 17.7 Å². The number of ketones is 1. The fourth-order valence-electron chi connectivity index (χ4n) is 3.72. The third kappa shape index (κ3) is 2.76. The molecule has 146 valence electrons.